The Morgan fingerprint density at radius 1 is 1.38 bits per heavy atom. The summed E-state index contributed by atoms with van der Waals surface area (Å²) < 4.78 is 5.65. The maximum atomic E-state index is 9.26. The molecule has 0 bridgehead atoms. The Kier molecular flexibility index (Phi) is 3.93. The standard InChI is InChI=1S/C13H18O3/c14-8-11(15)9-16-13-7-3-5-10-4-1-2-6-12(10)13/h1-2,4,6,11,13-15H,3,5,7-9H2. The Labute approximate surface area is 95.7 Å². The van der Waals surface area contributed by atoms with Crippen LogP contribution in [-0.4, -0.2) is 29.5 Å². The van der Waals surface area contributed by atoms with Crippen molar-refractivity contribution >= 4 is 0 Å². The molecule has 2 rings (SSSR count). The first-order valence-corrected chi connectivity index (χ1v) is 5.79. The molecule has 0 amide bonds. The van der Waals surface area contributed by atoms with Crippen LogP contribution < -0.4 is 0 Å². The largest absolute Gasteiger partial charge is 0.394 e. The van der Waals surface area contributed by atoms with Gasteiger partial charge in [0.25, 0.3) is 0 Å². The first-order chi connectivity index (χ1) is 7.81. The maximum Gasteiger partial charge on any atom is 0.100 e. The molecule has 2 unspecified atom stereocenters. The second kappa shape index (κ2) is 5.43. The molecular formula is C13H18O3. The van der Waals surface area contributed by atoms with Gasteiger partial charge >= 0.3 is 0 Å². The van der Waals surface area contributed by atoms with Crippen molar-refractivity contribution in [1.29, 1.82) is 0 Å². The number of aliphatic hydroxyl groups excluding tert-OH is 2. The van der Waals surface area contributed by atoms with Gasteiger partial charge in [-0.2, -0.15) is 0 Å². The molecule has 0 radical (unpaired) electrons. The number of aryl methyl sites for hydroxylation is 1. The number of fused-ring (bicyclic) bond motifs is 1. The van der Waals surface area contributed by atoms with E-state index in [1.54, 1.807) is 0 Å². The summed E-state index contributed by atoms with van der Waals surface area (Å²) in [6.07, 6.45) is 2.53. The first-order valence-electron chi connectivity index (χ1n) is 5.79. The van der Waals surface area contributed by atoms with Gasteiger partial charge < -0.3 is 14.9 Å². The van der Waals surface area contributed by atoms with Gasteiger partial charge in [-0.05, 0) is 30.4 Å². The van der Waals surface area contributed by atoms with Crippen LogP contribution in [-0.2, 0) is 11.2 Å². The van der Waals surface area contributed by atoms with Crippen LogP contribution in [0.2, 0.25) is 0 Å². The molecule has 3 nitrogen and oxygen atoms in total. The number of hydrogen-bond donors (Lipinski definition) is 2. The molecule has 0 fully saturated rings. The van der Waals surface area contributed by atoms with Crippen molar-refractivity contribution < 1.29 is 14.9 Å². The summed E-state index contributed by atoms with van der Waals surface area (Å²) in [5.41, 5.74) is 2.58. The lowest BCUT2D eigenvalue weighted by Gasteiger charge is -2.26. The molecule has 0 heterocycles. The molecule has 3 heteroatoms. The fourth-order valence-corrected chi connectivity index (χ4v) is 2.16. The predicted octanol–water partition coefficient (Wildman–Crippen LogP) is 1.43. The fourth-order valence-electron chi connectivity index (χ4n) is 2.16. The Bertz CT molecular complexity index is 338. The van der Waals surface area contributed by atoms with Crippen LogP contribution in [0.4, 0.5) is 0 Å². The van der Waals surface area contributed by atoms with E-state index in [1.807, 2.05) is 12.1 Å². The van der Waals surface area contributed by atoms with Crippen LogP contribution >= 0.6 is 0 Å². The van der Waals surface area contributed by atoms with Gasteiger partial charge in [-0.1, -0.05) is 24.3 Å². The van der Waals surface area contributed by atoms with Gasteiger partial charge in [-0.25, -0.2) is 0 Å². The zero-order valence-electron chi connectivity index (χ0n) is 9.30. The van der Waals surface area contributed by atoms with Crippen molar-refractivity contribution in [2.45, 2.75) is 31.5 Å². The number of benzene rings is 1. The van der Waals surface area contributed by atoms with Crippen LogP contribution in [0.3, 0.4) is 0 Å². The smallest absolute Gasteiger partial charge is 0.100 e. The van der Waals surface area contributed by atoms with E-state index in [1.165, 1.54) is 11.1 Å². The second-order valence-corrected chi connectivity index (χ2v) is 4.25. The van der Waals surface area contributed by atoms with E-state index in [2.05, 4.69) is 12.1 Å². The third-order valence-electron chi connectivity index (χ3n) is 3.01. The highest BCUT2D eigenvalue weighted by molar-refractivity contribution is 5.31. The average Bonchev–Trinajstić information content (AvgIpc) is 2.35. The topological polar surface area (TPSA) is 49.7 Å². The number of hydrogen-bond acceptors (Lipinski definition) is 3. The van der Waals surface area contributed by atoms with E-state index in [4.69, 9.17) is 9.84 Å². The number of ether oxygens (including phenoxy) is 1. The summed E-state index contributed by atoms with van der Waals surface area (Å²) in [5.74, 6) is 0. The van der Waals surface area contributed by atoms with Gasteiger partial charge in [0.15, 0.2) is 0 Å². The van der Waals surface area contributed by atoms with E-state index < -0.39 is 6.10 Å². The molecule has 0 spiro atoms. The van der Waals surface area contributed by atoms with Gasteiger partial charge in [0.1, 0.15) is 6.10 Å². The van der Waals surface area contributed by atoms with Crippen LogP contribution in [0.5, 0.6) is 0 Å². The second-order valence-electron chi connectivity index (χ2n) is 4.25. The SMILES string of the molecule is OCC(O)COC1CCCc2ccccc21. The Morgan fingerprint density at radius 3 is 3.00 bits per heavy atom. The van der Waals surface area contributed by atoms with E-state index in [-0.39, 0.29) is 19.3 Å². The number of aliphatic hydroxyl groups is 2. The lowest BCUT2D eigenvalue weighted by atomic mass is 9.89. The molecule has 0 saturated carbocycles. The predicted molar refractivity (Wildman–Crippen MR) is 61.2 cm³/mol. The summed E-state index contributed by atoms with van der Waals surface area (Å²) in [5, 5.41) is 18.0. The maximum absolute atomic E-state index is 9.26. The van der Waals surface area contributed by atoms with Crippen molar-refractivity contribution in [2.75, 3.05) is 13.2 Å². The minimum atomic E-state index is -0.769. The molecule has 1 aliphatic rings. The summed E-state index contributed by atoms with van der Waals surface area (Å²) in [7, 11) is 0. The molecule has 0 aliphatic heterocycles. The van der Waals surface area contributed by atoms with Crippen LogP contribution in [0.15, 0.2) is 24.3 Å². The minimum absolute atomic E-state index is 0.0751. The van der Waals surface area contributed by atoms with E-state index in [0.29, 0.717) is 0 Å². The van der Waals surface area contributed by atoms with Gasteiger partial charge in [0.2, 0.25) is 0 Å². The monoisotopic (exact) mass is 222 g/mol. The third-order valence-corrected chi connectivity index (χ3v) is 3.01. The highest BCUT2D eigenvalue weighted by Crippen LogP contribution is 2.32. The molecule has 0 saturated heterocycles. The van der Waals surface area contributed by atoms with Crippen LogP contribution in [0.25, 0.3) is 0 Å². The third kappa shape index (κ3) is 2.61. The van der Waals surface area contributed by atoms with E-state index >= 15 is 0 Å². The van der Waals surface area contributed by atoms with Crippen molar-refractivity contribution in [3.63, 3.8) is 0 Å². The molecule has 2 atom stereocenters. The minimum Gasteiger partial charge on any atom is -0.394 e. The van der Waals surface area contributed by atoms with Gasteiger partial charge in [-0.3, -0.25) is 0 Å². The molecule has 88 valence electrons. The van der Waals surface area contributed by atoms with Gasteiger partial charge in [0.05, 0.1) is 19.3 Å². The van der Waals surface area contributed by atoms with Crippen molar-refractivity contribution in [2.24, 2.45) is 0 Å². The van der Waals surface area contributed by atoms with E-state index in [0.717, 1.165) is 19.3 Å². The average molecular weight is 222 g/mol. The Morgan fingerprint density at radius 2 is 2.19 bits per heavy atom. The zero-order valence-corrected chi connectivity index (χ0v) is 9.30. The van der Waals surface area contributed by atoms with E-state index in [9.17, 15) is 5.11 Å². The lowest BCUT2D eigenvalue weighted by molar-refractivity contribution is -0.0349. The molecule has 16 heavy (non-hydrogen) atoms. The zero-order chi connectivity index (χ0) is 11.4. The van der Waals surface area contributed by atoms with Crippen molar-refractivity contribution in [3.05, 3.63) is 35.4 Å². The molecule has 1 aromatic carbocycles. The Hall–Kier alpha value is -0.900. The molecule has 1 aromatic rings. The lowest BCUT2D eigenvalue weighted by Crippen LogP contribution is -2.22. The summed E-state index contributed by atoms with van der Waals surface area (Å²) >= 11 is 0. The summed E-state index contributed by atoms with van der Waals surface area (Å²) in [6.45, 7) is -0.0378. The Balaban J connectivity index is 2.01. The van der Waals surface area contributed by atoms with Crippen molar-refractivity contribution in [1.82, 2.24) is 0 Å². The quantitative estimate of drug-likeness (QED) is 0.810. The van der Waals surface area contributed by atoms with Gasteiger partial charge in [0, 0.05) is 0 Å². The van der Waals surface area contributed by atoms with Gasteiger partial charge in [-0.15, -0.1) is 0 Å². The fraction of sp³-hybridized carbons (Fsp3) is 0.538. The normalized spacial score (nSPS) is 21.5. The molecular weight excluding hydrogens is 204 g/mol. The molecule has 0 aromatic heterocycles. The highest BCUT2D eigenvalue weighted by Gasteiger charge is 2.20. The first kappa shape index (κ1) is 11.6. The van der Waals surface area contributed by atoms with Crippen LogP contribution in [0.1, 0.15) is 30.1 Å². The molecule has 1 aliphatic carbocycles. The number of rotatable bonds is 4. The summed E-state index contributed by atoms with van der Waals surface area (Å²) in [4.78, 5) is 0. The highest BCUT2D eigenvalue weighted by atomic mass is 16.5. The van der Waals surface area contributed by atoms with Crippen LogP contribution in [0, 0.1) is 0 Å². The van der Waals surface area contributed by atoms with Crippen molar-refractivity contribution in [3.8, 4) is 0 Å². The summed E-state index contributed by atoms with van der Waals surface area (Å²) in [6, 6.07) is 8.28. The molecule has 2 N–H and O–H groups in total.